The summed E-state index contributed by atoms with van der Waals surface area (Å²) in [5.74, 6) is 0. The molecule has 0 amide bonds. The van der Waals surface area contributed by atoms with E-state index in [1.54, 1.807) is 0 Å². The summed E-state index contributed by atoms with van der Waals surface area (Å²) in [6.45, 7) is 0. The molecule has 2 aliphatic rings. The van der Waals surface area contributed by atoms with Crippen molar-refractivity contribution < 1.29 is 20.4 Å². The van der Waals surface area contributed by atoms with Crippen LogP contribution in [0.2, 0.25) is 0 Å². The van der Waals surface area contributed by atoms with E-state index in [0.29, 0.717) is 0 Å². The van der Waals surface area contributed by atoms with Crippen LogP contribution >= 0.6 is 0 Å². The second-order valence-electron chi connectivity index (χ2n) is 18.1. The van der Waals surface area contributed by atoms with Crippen LogP contribution in [0.4, 0.5) is 0 Å². The summed E-state index contributed by atoms with van der Waals surface area (Å²) in [7, 11) is 0. The molecule has 11 aromatic rings. The van der Waals surface area contributed by atoms with E-state index in [1.807, 2.05) is 0 Å². The summed E-state index contributed by atoms with van der Waals surface area (Å²) in [5, 5.41) is 0. The predicted molar refractivity (Wildman–Crippen MR) is 300 cm³/mol. The van der Waals surface area contributed by atoms with E-state index in [9.17, 15) is 0 Å². The van der Waals surface area contributed by atoms with E-state index >= 15 is 0 Å². The molecule has 73 heavy (non-hydrogen) atoms. The normalized spacial score (nSPS) is 11.9. The molecule has 0 atom stereocenters. The minimum atomic E-state index is 0. The molecule has 2 aliphatic heterocycles. The van der Waals surface area contributed by atoms with Gasteiger partial charge in [0.25, 0.3) is 0 Å². The van der Waals surface area contributed by atoms with Gasteiger partial charge in [0.05, 0.1) is 33.8 Å². The van der Waals surface area contributed by atoms with Gasteiger partial charge in [-0.05, 0) is 68.8 Å². The minimum absolute atomic E-state index is 0. The number of hydrogen-bond donors (Lipinski definition) is 2. The summed E-state index contributed by atoms with van der Waals surface area (Å²) in [6, 6.07) is 90.7. The number of rotatable bonds is 8. The Morgan fingerprint density at radius 3 is 0.781 bits per heavy atom. The molecule has 0 saturated carbocycles. The molecule has 8 bridgehead atoms. The van der Waals surface area contributed by atoms with Crippen molar-refractivity contribution in [3.8, 4) is 66.8 Å². The van der Waals surface area contributed by atoms with Crippen LogP contribution in [0.3, 0.4) is 0 Å². The third-order valence-corrected chi connectivity index (χ3v) is 13.7. The van der Waals surface area contributed by atoms with E-state index in [2.05, 4.69) is 277 Å². The van der Waals surface area contributed by atoms with Crippen molar-refractivity contribution in [2.75, 3.05) is 0 Å². The summed E-state index contributed by atoms with van der Waals surface area (Å²) in [6.07, 6.45) is 4.25. The zero-order valence-corrected chi connectivity index (χ0v) is 41.2. The molecule has 348 valence electrons. The van der Waals surface area contributed by atoms with Crippen molar-refractivity contribution in [3.63, 3.8) is 0 Å². The molecule has 13 rings (SSSR count). The smallest absolute Gasteiger partial charge is 0.0822 e. The van der Waals surface area contributed by atoms with Gasteiger partial charge in [-0.15, -0.1) is 0 Å². The number of H-pyrrole nitrogens is 2. The van der Waals surface area contributed by atoms with Crippen molar-refractivity contribution in [1.82, 2.24) is 19.9 Å². The molecule has 0 aliphatic carbocycles. The first-order valence-corrected chi connectivity index (χ1v) is 24.5. The maximum atomic E-state index is 6.21. The van der Waals surface area contributed by atoms with E-state index < -0.39 is 0 Å². The summed E-state index contributed by atoms with van der Waals surface area (Å²) in [4.78, 5) is 19.8. The zero-order valence-electron chi connectivity index (χ0n) is 39.6. The van der Waals surface area contributed by atoms with Crippen LogP contribution in [0.5, 0.6) is 0 Å². The molecule has 0 spiro atoms. The molecule has 0 unspecified atom stereocenters. The summed E-state index contributed by atoms with van der Waals surface area (Å²) < 4.78 is 0. The first-order valence-electron chi connectivity index (χ1n) is 24.5. The summed E-state index contributed by atoms with van der Waals surface area (Å²) in [5.41, 5.74) is 24.2. The van der Waals surface area contributed by atoms with Crippen LogP contribution in [-0.2, 0) is 20.4 Å². The van der Waals surface area contributed by atoms with Gasteiger partial charge in [0.15, 0.2) is 0 Å². The van der Waals surface area contributed by atoms with Crippen molar-refractivity contribution in [1.29, 1.82) is 0 Å². The van der Waals surface area contributed by atoms with Crippen LogP contribution in [-0.4, -0.2) is 19.9 Å². The maximum absolute atomic E-state index is 6.21. The minimum Gasteiger partial charge on any atom is -0.354 e. The van der Waals surface area contributed by atoms with Gasteiger partial charge in [-0.1, -0.05) is 243 Å². The molecular formula is C68H46N4Pd. The number of fused-ring (bicyclic) bond motifs is 8. The van der Waals surface area contributed by atoms with Gasteiger partial charge in [0.2, 0.25) is 0 Å². The molecule has 5 heteroatoms. The Morgan fingerprint density at radius 1 is 0.247 bits per heavy atom. The van der Waals surface area contributed by atoms with E-state index in [-0.39, 0.29) is 20.4 Å². The van der Waals surface area contributed by atoms with Crippen molar-refractivity contribution in [2.24, 2.45) is 0 Å². The first kappa shape index (κ1) is 45.2. The Labute approximate surface area is 438 Å². The average molecular weight is 1030 g/mol. The molecular weight excluding hydrogens is 979 g/mol. The molecule has 3 aromatic heterocycles. The van der Waals surface area contributed by atoms with Crippen LogP contribution in [0, 0.1) is 0 Å². The van der Waals surface area contributed by atoms with Gasteiger partial charge in [0.1, 0.15) is 0 Å². The Balaban J connectivity index is 0.00000543. The second-order valence-corrected chi connectivity index (χ2v) is 18.1. The number of aromatic amines is 2. The topological polar surface area (TPSA) is 57.4 Å². The largest absolute Gasteiger partial charge is 0.354 e. The number of hydrogen-bond acceptors (Lipinski definition) is 2. The molecule has 0 radical (unpaired) electrons. The number of nitrogens with zero attached hydrogens (tertiary/aromatic N) is 2. The van der Waals surface area contributed by atoms with Gasteiger partial charge in [-0.2, -0.15) is 0 Å². The summed E-state index contributed by atoms with van der Waals surface area (Å²) >= 11 is 0. The molecule has 5 heterocycles. The second kappa shape index (κ2) is 19.7. The van der Waals surface area contributed by atoms with Crippen LogP contribution in [0.1, 0.15) is 33.9 Å². The van der Waals surface area contributed by atoms with Crippen molar-refractivity contribution in [3.05, 3.63) is 289 Å². The van der Waals surface area contributed by atoms with E-state index in [0.717, 1.165) is 134 Å². The average Bonchev–Trinajstić information content (AvgIpc) is 4.25. The van der Waals surface area contributed by atoms with E-state index in [1.165, 1.54) is 0 Å². The van der Waals surface area contributed by atoms with Crippen LogP contribution in [0.25, 0.3) is 112 Å². The third-order valence-electron chi connectivity index (χ3n) is 13.7. The van der Waals surface area contributed by atoms with Crippen molar-refractivity contribution in [2.45, 2.75) is 0 Å². The standard InChI is InChI=1S/C68H46N4.Pd/c1-9-25-45(26-10-1)57-55-43-53-41-42-54(69-53)44-56-58(46-27-11-2-12-28-46)60(48-31-15-4-16-32-48)66(71-56)64(52-39-23-8-24-40-52)68-62(50-35-19-6-20-36-50)61(49-33-17-5-18-34-49)67(72-68)63(51-37-21-7-22-38-51)65(70-55)59(57)47-29-13-3-14-30-47;/h1-44,70-71H;. The van der Waals surface area contributed by atoms with Crippen LogP contribution in [0.15, 0.2) is 255 Å². The maximum Gasteiger partial charge on any atom is 0.0822 e. The van der Waals surface area contributed by atoms with E-state index in [4.69, 9.17) is 9.97 Å². The molecule has 0 saturated heterocycles. The molecule has 8 aromatic carbocycles. The Morgan fingerprint density at radius 2 is 0.493 bits per heavy atom. The van der Waals surface area contributed by atoms with Gasteiger partial charge in [0, 0.05) is 76.0 Å². The molecule has 4 nitrogen and oxygen atoms in total. The Hall–Kier alpha value is -8.98. The quantitative estimate of drug-likeness (QED) is 0.149. The van der Waals surface area contributed by atoms with Gasteiger partial charge in [-0.3, -0.25) is 0 Å². The fourth-order valence-corrected chi connectivity index (χ4v) is 10.7. The van der Waals surface area contributed by atoms with Crippen LogP contribution < -0.4 is 0 Å². The van der Waals surface area contributed by atoms with Gasteiger partial charge >= 0.3 is 0 Å². The SMILES string of the molecule is C1=Cc2cc3[nH]c(c(-c4ccccc4)c4nc(c(-c5ccccc5)c5[nH]c(cc1n2)c(-c1ccccc1)c5-c1ccccc1)C(c1ccccc1)=C4c1ccccc1)c(-c1ccccc1)c3-c1ccccc1.[Pd]. The number of aromatic nitrogens is 4. The molecule has 0 fully saturated rings. The van der Waals surface area contributed by atoms with Gasteiger partial charge < -0.3 is 9.97 Å². The Kier molecular flexibility index (Phi) is 12.2. The first-order chi connectivity index (χ1) is 35.7. The third kappa shape index (κ3) is 8.31. The van der Waals surface area contributed by atoms with Crippen molar-refractivity contribution >= 4 is 45.4 Å². The fourth-order valence-electron chi connectivity index (χ4n) is 10.7. The fraction of sp³-hybridized carbons (Fsp3) is 0. The predicted octanol–water partition coefficient (Wildman–Crippen LogP) is 17.5. The van der Waals surface area contributed by atoms with Gasteiger partial charge in [-0.25, -0.2) is 9.97 Å². The Bertz CT molecular complexity index is 3760. The number of nitrogens with one attached hydrogen (secondary N) is 2. The monoisotopic (exact) mass is 1020 g/mol. The zero-order chi connectivity index (χ0) is 47.8. The number of benzene rings is 8. The molecule has 2 N–H and O–H groups in total.